The van der Waals surface area contributed by atoms with Crippen molar-refractivity contribution in [2.75, 3.05) is 0 Å². The second kappa shape index (κ2) is 9.18. The predicted octanol–water partition coefficient (Wildman–Crippen LogP) is 4.92. The molecule has 0 unspecified atom stereocenters. The second-order valence-corrected chi connectivity index (χ2v) is 6.25. The zero-order valence-electron chi connectivity index (χ0n) is 15.4. The molecule has 3 aromatic carbocycles. The third-order valence-corrected chi connectivity index (χ3v) is 4.28. The monoisotopic (exact) mass is 382 g/mol. The lowest BCUT2D eigenvalue weighted by molar-refractivity contribution is 0.104. The van der Waals surface area contributed by atoms with Crippen molar-refractivity contribution in [1.29, 1.82) is 0 Å². The van der Waals surface area contributed by atoms with Crippen molar-refractivity contribution >= 4 is 29.4 Å². The number of rotatable bonds is 6. The highest BCUT2D eigenvalue weighted by Gasteiger charge is 2.06. The molecule has 0 saturated carbocycles. The van der Waals surface area contributed by atoms with Gasteiger partial charge in [0.1, 0.15) is 17.4 Å². The van der Waals surface area contributed by atoms with Gasteiger partial charge in [0.25, 0.3) is 0 Å². The van der Waals surface area contributed by atoms with Crippen LogP contribution in [0.5, 0.6) is 11.5 Å². The lowest BCUT2D eigenvalue weighted by Crippen LogP contribution is -1.94. The molecule has 0 fully saturated rings. The van der Waals surface area contributed by atoms with Crippen LogP contribution in [0.3, 0.4) is 0 Å². The maximum Gasteiger partial charge on any atom is 0.189 e. The first-order chi connectivity index (χ1) is 14.1. The molecule has 0 aromatic heterocycles. The smallest absolute Gasteiger partial charge is 0.189 e. The number of para-hydroxylation sites is 2. The summed E-state index contributed by atoms with van der Waals surface area (Å²) in [6, 6.07) is 20.3. The molecule has 4 nitrogen and oxygen atoms in total. The third kappa shape index (κ3) is 4.98. The number of hydrogen-bond donors (Lipinski definition) is 2. The number of aromatic hydroxyl groups is 2. The Balaban J connectivity index is 1.71. The molecule has 0 amide bonds. The van der Waals surface area contributed by atoms with Crippen LogP contribution in [0.1, 0.15) is 27.0 Å². The Hall–Kier alpha value is -4.14. The molecule has 0 atom stereocenters. The van der Waals surface area contributed by atoms with Crippen molar-refractivity contribution < 1.29 is 19.8 Å². The Kier molecular flexibility index (Phi) is 6.21. The fraction of sp³-hybridized carbons (Fsp3) is 0. The van der Waals surface area contributed by atoms with Crippen molar-refractivity contribution in [2.24, 2.45) is 0 Å². The summed E-state index contributed by atoms with van der Waals surface area (Å²) in [5.74, 6) is 1.53. The van der Waals surface area contributed by atoms with E-state index in [1.54, 1.807) is 54.6 Å². The van der Waals surface area contributed by atoms with Crippen LogP contribution < -0.4 is 0 Å². The maximum absolute atomic E-state index is 12.2. The van der Waals surface area contributed by atoms with Gasteiger partial charge in [-0.05, 0) is 47.5 Å². The summed E-state index contributed by atoms with van der Waals surface area (Å²) in [6.07, 6.45) is 6.41. The van der Waals surface area contributed by atoms with E-state index in [0.717, 1.165) is 11.1 Å². The summed E-state index contributed by atoms with van der Waals surface area (Å²) in [4.78, 5) is 23.4. The van der Waals surface area contributed by atoms with Crippen LogP contribution in [0, 0.1) is 0 Å². The molecule has 0 aliphatic carbocycles. The van der Waals surface area contributed by atoms with E-state index >= 15 is 0 Å². The van der Waals surface area contributed by atoms with Gasteiger partial charge in [-0.25, -0.2) is 4.79 Å². The predicted molar refractivity (Wildman–Crippen MR) is 114 cm³/mol. The highest BCUT2D eigenvalue weighted by atomic mass is 16.3. The van der Waals surface area contributed by atoms with Gasteiger partial charge in [0.05, 0.1) is 11.1 Å². The third-order valence-electron chi connectivity index (χ3n) is 4.28. The first-order valence-electron chi connectivity index (χ1n) is 8.90. The molecule has 0 heterocycles. The van der Waals surface area contributed by atoms with Crippen molar-refractivity contribution in [3.63, 3.8) is 0 Å². The Labute approximate surface area is 168 Å². The molecule has 0 aliphatic heterocycles. The van der Waals surface area contributed by atoms with E-state index in [2.05, 4.69) is 0 Å². The van der Waals surface area contributed by atoms with Gasteiger partial charge < -0.3 is 10.2 Å². The zero-order valence-corrected chi connectivity index (χ0v) is 15.4. The molecular formula is C25H18O4. The van der Waals surface area contributed by atoms with Crippen molar-refractivity contribution in [3.05, 3.63) is 107 Å². The molecule has 142 valence electrons. The van der Waals surface area contributed by atoms with Crippen LogP contribution >= 0.6 is 0 Å². The summed E-state index contributed by atoms with van der Waals surface area (Å²) in [6.45, 7) is 0. The minimum atomic E-state index is -0.282. The first kappa shape index (κ1) is 19.6. The van der Waals surface area contributed by atoms with E-state index in [1.807, 2.05) is 30.2 Å². The summed E-state index contributed by atoms with van der Waals surface area (Å²) >= 11 is 0. The van der Waals surface area contributed by atoms with Crippen LogP contribution in [0.15, 0.2) is 84.9 Å². The van der Waals surface area contributed by atoms with Gasteiger partial charge in [0.2, 0.25) is 0 Å². The lowest BCUT2D eigenvalue weighted by Gasteiger charge is -2.02. The quantitative estimate of drug-likeness (QED) is 0.275. The van der Waals surface area contributed by atoms with E-state index in [0.29, 0.717) is 5.56 Å². The number of allylic oxidation sites excluding steroid dienone is 3. The van der Waals surface area contributed by atoms with Gasteiger partial charge in [-0.3, -0.25) is 4.79 Å². The number of carbonyl (C=O) groups excluding carboxylic acids is 2. The second-order valence-electron chi connectivity index (χ2n) is 6.25. The Bertz CT molecular complexity index is 1130. The van der Waals surface area contributed by atoms with E-state index in [9.17, 15) is 19.8 Å². The summed E-state index contributed by atoms with van der Waals surface area (Å²) in [7, 11) is 0. The normalized spacial score (nSPS) is 10.9. The molecule has 3 rings (SSSR count). The standard InChI is InChI=1S/C25H18O4/c26-17-20(21-5-1-3-7-23(21)27)15-13-18-9-11-19(12-10-18)14-16-25(29)22-6-2-4-8-24(22)28/h1-16,27-28H. The van der Waals surface area contributed by atoms with Gasteiger partial charge in [-0.15, -0.1) is 0 Å². The number of phenolic OH excluding ortho intramolecular Hbond substituents is 2. The summed E-state index contributed by atoms with van der Waals surface area (Å²) < 4.78 is 0. The average Bonchev–Trinajstić information content (AvgIpc) is 2.75. The fourth-order valence-corrected chi connectivity index (χ4v) is 2.72. The first-order valence-corrected chi connectivity index (χ1v) is 8.90. The highest BCUT2D eigenvalue weighted by molar-refractivity contribution is 6.08. The minimum absolute atomic E-state index is 0.0186. The summed E-state index contributed by atoms with van der Waals surface area (Å²) in [5.41, 5.74) is 2.58. The van der Waals surface area contributed by atoms with Gasteiger partial charge in [0, 0.05) is 5.56 Å². The van der Waals surface area contributed by atoms with Gasteiger partial charge >= 0.3 is 0 Å². The fourth-order valence-electron chi connectivity index (χ4n) is 2.72. The number of hydrogen-bond acceptors (Lipinski definition) is 4. The van der Waals surface area contributed by atoms with Crippen LogP contribution in [0.25, 0.3) is 17.7 Å². The Morgan fingerprint density at radius 2 is 1.17 bits per heavy atom. The molecule has 0 spiro atoms. The minimum Gasteiger partial charge on any atom is -0.507 e. The Morgan fingerprint density at radius 3 is 1.69 bits per heavy atom. The molecule has 0 saturated heterocycles. The molecule has 4 heteroatoms. The maximum atomic E-state index is 12.2. The molecule has 2 N–H and O–H groups in total. The van der Waals surface area contributed by atoms with E-state index in [-0.39, 0.29) is 28.4 Å². The number of carbonyl (C=O) groups is 1. The number of ketones is 1. The topological polar surface area (TPSA) is 74.6 Å². The lowest BCUT2D eigenvalue weighted by atomic mass is 10.0. The molecule has 0 aliphatic rings. The largest absolute Gasteiger partial charge is 0.507 e. The zero-order chi connectivity index (χ0) is 20.6. The molecule has 0 bridgehead atoms. The molecule has 29 heavy (non-hydrogen) atoms. The van der Waals surface area contributed by atoms with Gasteiger partial charge in [-0.2, -0.15) is 0 Å². The van der Waals surface area contributed by atoms with Crippen LogP contribution in [-0.2, 0) is 4.79 Å². The molecular weight excluding hydrogens is 364 g/mol. The van der Waals surface area contributed by atoms with Crippen LogP contribution in [-0.4, -0.2) is 21.9 Å². The van der Waals surface area contributed by atoms with Crippen molar-refractivity contribution in [2.45, 2.75) is 0 Å². The van der Waals surface area contributed by atoms with Crippen molar-refractivity contribution in [1.82, 2.24) is 0 Å². The highest BCUT2D eigenvalue weighted by Crippen LogP contribution is 2.24. The van der Waals surface area contributed by atoms with Crippen LogP contribution in [0.2, 0.25) is 0 Å². The van der Waals surface area contributed by atoms with Gasteiger partial charge in [-0.1, -0.05) is 60.7 Å². The van der Waals surface area contributed by atoms with Gasteiger partial charge in [0.15, 0.2) is 5.78 Å². The average molecular weight is 382 g/mol. The molecule has 3 aromatic rings. The van der Waals surface area contributed by atoms with E-state index in [1.165, 1.54) is 18.2 Å². The summed E-state index contributed by atoms with van der Waals surface area (Å²) in [5, 5.41) is 19.6. The SMILES string of the molecule is O=C=C(C=Cc1ccc(C=CC(=O)c2ccccc2O)cc1)c1ccccc1O. The van der Waals surface area contributed by atoms with Crippen molar-refractivity contribution in [3.8, 4) is 11.5 Å². The van der Waals surface area contributed by atoms with E-state index in [4.69, 9.17) is 0 Å². The number of phenols is 2. The number of benzene rings is 3. The Morgan fingerprint density at radius 1 is 0.690 bits per heavy atom. The van der Waals surface area contributed by atoms with E-state index < -0.39 is 0 Å². The molecule has 0 radical (unpaired) electrons. The van der Waals surface area contributed by atoms with Crippen LogP contribution in [0.4, 0.5) is 0 Å².